The standard InChI is InChI=1S/C13H26ClN3O/c1-13(2,11-14)12(18)17-9-7-16(8-10-17)6-5-15(3)4/h5-11H2,1-4H3. The van der Waals surface area contributed by atoms with Crippen LogP contribution in [-0.4, -0.2) is 79.9 Å². The monoisotopic (exact) mass is 275 g/mol. The van der Waals surface area contributed by atoms with Crippen molar-refractivity contribution in [2.45, 2.75) is 13.8 Å². The van der Waals surface area contributed by atoms with Gasteiger partial charge in [-0.05, 0) is 27.9 Å². The Morgan fingerprint density at radius 3 is 2.22 bits per heavy atom. The third-order valence-corrected chi connectivity index (χ3v) is 4.10. The Balaban J connectivity index is 2.37. The summed E-state index contributed by atoms with van der Waals surface area (Å²) in [4.78, 5) is 18.8. The minimum atomic E-state index is -0.437. The summed E-state index contributed by atoms with van der Waals surface area (Å²) in [6.07, 6.45) is 0. The van der Waals surface area contributed by atoms with Gasteiger partial charge in [0.25, 0.3) is 0 Å². The van der Waals surface area contributed by atoms with Gasteiger partial charge in [-0.25, -0.2) is 0 Å². The molecule has 1 amide bonds. The van der Waals surface area contributed by atoms with Gasteiger partial charge in [-0.1, -0.05) is 0 Å². The van der Waals surface area contributed by atoms with Gasteiger partial charge in [0.15, 0.2) is 0 Å². The fourth-order valence-corrected chi connectivity index (χ4v) is 2.12. The minimum Gasteiger partial charge on any atom is -0.340 e. The van der Waals surface area contributed by atoms with Crippen LogP contribution in [0.2, 0.25) is 0 Å². The van der Waals surface area contributed by atoms with Crippen molar-refractivity contribution in [2.75, 3.05) is 59.2 Å². The van der Waals surface area contributed by atoms with Crippen molar-refractivity contribution in [1.82, 2.24) is 14.7 Å². The molecule has 0 N–H and O–H groups in total. The number of nitrogens with zero attached hydrogens (tertiary/aromatic N) is 3. The average molecular weight is 276 g/mol. The molecule has 18 heavy (non-hydrogen) atoms. The van der Waals surface area contributed by atoms with Gasteiger partial charge in [0, 0.05) is 45.1 Å². The Morgan fingerprint density at radius 2 is 1.78 bits per heavy atom. The summed E-state index contributed by atoms with van der Waals surface area (Å²) < 4.78 is 0. The van der Waals surface area contributed by atoms with E-state index in [0.717, 1.165) is 39.3 Å². The zero-order valence-corrected chi connectivity index (χ0v) is 12.8. The molecule has 0 aromatic carbocycles. The number of carbonyl (C=O) groups excluding carboxylic acids is 1. The molecule has 5 heteroatoms. The third-order valence-electron chi connectivity index (χ3n) is 3.44. The van der Waals surface area contributed by atoms with Crippen LogP contribution in [-0.2, 0) is 4.79 Å². The summed E-state index contributed by atoms with van der Waals surface area (Å²) in [5.74, 6) is 0.567. The number of hydrogen-bond acceptors (Lipinski definition) is 3. The number of piperazine rings is 1. The smallest absolute Gasteiger partial charge is 0.229 e. The fraction of sp³-hybridized carbons (Fsp3) is 0.923. The lowest BCUT2D eigenvalue weighted by Crippen LogP contribution is -2.53. The van der Waals surface area contributed by atoms with E-state index in [0.29, 0.717) is 5.88 Å². The van der Waals surface area contributed by atoms with Crippen LogP contribution in [0, 0.1) is 5.41 Å². The van der Waals surface area contributed by atoms with Crippen molar-refractivity contribution in [3.8, 4) is 0 Å². The third kappa shape index (κ3) is 4.41. The number of hydrogen-bond donors (Lipinski definition) is 0. The predicted molar refractivity (Wildman–Crippen MR) is 76.1 cm³/mol. The first-order chi connectivity index (χ1) is 8.36. The van der Waals surface area contributed by atoms with E-state index in [1.165, 1.54) is 0 Å². The number of alkyl halides is 1. The topological polar surface area (TPSA) is 26.8 Å². The van der Waals surface area contributed by atoms with Gasteiger partial charge < -0.3 is 9.80 Å². The largest absolute Gasteiger partial charge is 0.340 e. The minimum absolute atomic E-state index is 0.185. The summed E-state index contributed by atoms with van der Waals surface area (Å²) in [6, 6.07) is 0. The molecule has 1 aliphatic rings. The summed E-state index contributed by atoms with van der Waals surface area (Å²) in [5.41, 5.74) is -0.437. The lowest BCUT2D eigenvalue weighted by Gasteiger charge is -2.38. The first-order valence-corrected chi connectivity index (χ1v) is 7.12. The van der Waals surface area contributed by atoms with Gasteiger partial charge in [0.2, 0.25) is 5.91 Å². The quantitative estimate of drug-likeness (QED) is 0.700. The van der Waals surface area contributed by atoms with E-state index in [1.807, 2.05) is 18.7 Å². The molecule has 1 rings (SSSR count). The molecule has 0 saturated carbocycles. The molecule has 0 radical (unpaired) electrons. The molecule has 0 spiro atoms. The predicted octanol–water partition coefficient (Wildman–Crippen LogP) is 0.957. The molecule has 4 nitrogen and oxygen atoms in total. The van der Waals surface area contributed by atoms with Crippen molar-refractivity contribution < 1.29 is 4.79 Å². The second-order valence-electron chi connectivity index (χ2n) is 5.95. The van der Waals surface area contributed by atoms with Crippen LogP contribution in [0.1, 0.15) is 13.8 Å². The SMILES string of the molecule is CN(C)CCN1CCN(C(=O)C(C)(C)CCl)CC1. The van der Waals surface area contributed by atoms with Crippen molar-refractivity contribution in [3.05, 3.63) is 0 Å². The normalized spacial score (nSPS) is 18.4. The molecule has 106 valence electrons. The molecule has 0 aromatic rings. The van der Waals surface area contributed by atoms with E-state index in [-0.39, 0.29) is 5.91 Å². The number of carbonyl (C=O) groups is 1. The molecule has 0 atom stereocenters. The van der Waals surface area contributed by atoms with Gasteiger partial charge >= 0.3 is 0 Å². The van der Waals surface area contributed by atoms with E-state index in [1.54, 1.807) is 0 Å². The van der Waals surface area contributed by atoms with E-state index in [2.05, 4.69) is 23.9 Å². The van der Waals surface area contributed by atoms with Crippen molar-refractivity contribution in [3.63, 3.8) is 0 Å². The van der Waals surface area contributed by atoms with Gasteiger partial charge in [-0.3, -0.25) is 9.69 Å². The highest BCUT2D eigenvalue weighted by molar-refractivity contribution is 6.19. The van der Waals surface area contributed by atoms with Crippen molar-refractivity contribution in [2.24, 2.45) is 5.41 Å². The summed E-state index contributed by atoms with van der Waals surface area (Å²) in [7, 11) is 4.17. The van der Waals surface area contributed by atoms with Gasteiger partial charge in [0.1, 0.15) is 0 Å². The molecule has 1 heterocycles. The highest BCUT2D eigenvalue weighted by Gasteiger charge is 2.32. The summed E-state index contributed by atoms with van der Waals surface area (Å²) >= 11 is 5.86. The van der Waals surface area contributed by atoms with Crippen LogP contribution in [0.15, 0.2) is 0 Å². The van der Waals surface area contributed by atoms with E-state index >= 15 is 0 Å². The Labute approximate surface area is 116 Å². The lowest BCUT2D eigenvalue weighted by atomic mass is 9.94. The number of halogens is 1. The van der Waals surface area contributed by atoms with Crippen LogP contribution in [0.4, 0.5) is 0 Å². The van der Waals surface area contributed by atoms with Gasteiger partial charge in [0.05, 0.1) is 5.41 Å². The Hall–Kier alpha value is -0.320. The molecule has 1 saturated heterocycles. The summed E-state index contributed by atoms with van der Waals surface area (Å²) in [5, 5.41) is 0. The zero-order chi connectivity index (χ0) is 13.8. The molecular formula is C13H26ClN3O. The van der Waals surface area contributed by atoms with Crippen LogP contribution in [0.3, 0.4) is 0 Å². The van der Waals surface area contributed by atoms with Gasteiger partial charge in [-0.2, -0.15) is 0 Å². The molecule has 0 unspecified atom stereocenters. The second kappa shape index (κ2) is 6.73. The van der Waals surface area contributed by atoms with Gasteiger partial charge in [-0.15, -0.1) is 11.6 Å². The van der Waals surface area contributed by atoms with Crippen molar-refractivity contribution >= 4 is 17.5 Å². The molecular weight excluding hydrogens is 250 g/mol. The first kappa shape index (κ1) is 15.7. The maximum atomic E-state index is 12.2. The number of amides is 1. The van der Waals surface area contributed by atoms with E-state index < -0.39 is 5.41 Å². The molecule has 0 aliphatic carbocycles. The highest BCUT2D eigenvalue weighted by atomic mass is 35.5. The average Bonchev–Trinajstić information content (AvgIpc) is 2.36. The Morgan fingerprint density at radius 1 is 1.22 bits per heavy atom. The molecule has 0 bridgehead atoms. The molecule has 1 aliphatic heterocycles. The van der Waals surface area contributed by atoms with Crippen LogP contribution in [0.25, 0.3) is 0 Å². The fourth-order valence-electron chi connectivity index (χ4n) is 2.00. The molecule has 0 aromatic heterocycles. The Kier molecular flexibility index (Phi) is 5.89. The molecule has 1 fully saturated rings. The van der Waals surface area contributed by atoms with E-state index in [4.69, 9.17) is 11.6 Å². The first-order valence-electron chi connectivity index (χ1n) is 6.59. The number of likely N-dealkylation sites (N-methyl/N-ethyl adjacent to an activating group) is 1. The second-order valence-corrected chi connectivity index (χ2v) is 6.22. The van der Waals surface area contributed by atoms with E-state index in [9.17, 15) is 4.79 Å². The van der Waals surface area contributed by atoms with Crippen LogP contribution >= 0.6 is 11.6 Å². The maximum absolute atomic E-state index is 12.2. The lowest BCUT2D eigenvalue weighted by molar-refractivity contribution is -0.141. The highest BCUT2D eigenvalue weighted by Crippen LogP contribution is 2.21. The van der Waals surface area contributed by atoms with Crippen LogP contribution in [0.5, 0.6) is 0 Å². The zero-order valence-electron chi connectivity index (χ0n) is 12.1. The summed E-state index contributed by atoms with van der Waals surface area (Å²) in [6.45, 7) is 9.58. The Bertz CT molecular complexity index is 273. The number of rotatable bonds is 5. The van der Waals surface area contributed by atoms with Crippen LogP contribution < -0.4 is 0 Å². The van der Waals surface area contributed by atoms with Crippen molar-refractivity contribution in [1.29, 1.82) is 0 Å². The maximum Gasteiger partial charge on any atom is 0.229 e.